The lowest BCUT2D eigenvalue weighted by Crippen LogP contribution is -2.54. The number of likely N-dealkylation sites (tertiary alicyclic amines) is 2. The van der Waals surface area contributed by atoms with E-state index in [0.29, 0.717) is 24.9 Å². The molecule has 3 aliphatic heterocycles. The number of benzene rings is 3. The number of imidazole rings is 2. The van der Waals surface area contributed by atoms with Gasteiger partial charge in [0.1, 0.15) is 36.1 Å². The number of aromatic nitrogens is 4. The fourth-order valence-electron chi connectivity index (χ4n) is 10.0. The number of hydrogen-bond donors (Lipinski definition) is 4. The van der Waals surface area contributed by atoms with Gasteiger partial charge in [-0.15, -0.1) is 0 Å². The Kier molecular flexibility index (Phi) is 10.8. The zero-order chi connectivity index (χ0) is 43.6. The Morgan fingerprint density at radius 3 is 2.34 bits per heavy atom. The second kappa shape index (κ2) is 16.3. The van der Waals surface area contributed by atoms with Crippen molar-refractivity contribution in [2.24, 2.45) is 17.8 Å². The summed E-state index contributed by atoms with van der Waals surface area (Å²) in [7, 11) is 4.08. The first kappa shape index (κ1) is 41.2. The van der Waals surface area contributed by atoms with Crippen molar-refractivity contribution in [3.8, 4) is 28.1 Å². The van der Waals surface area contributed by atoms with Crippen LogP contribution in [-0.4, -0.2) is 106 Å². The molecule has 8 atom stereocenters. The van der Waals surface area contributed by atoms with Gasteiger partial charge in [-0.2, -0.15) is 0 Å². The number of ether oxygens (including phenoxy) is 4. The highest BCUT2D eigenvalue weighted by Gasteiger charge is 2.52. The van der Waals surface area contributed by atoms with E-state index >= 15 is 0 Å². The Balaban J connectivity index is 0.974. The minimum Gasteiger partial charge on any atom is -0.488 e. The summed E-state index contributed by atoms with van der Waals surface area (Å²) in [6.07, 6.45) is 3.54. The number of alkyl carbamates (subject to hydrolysis) is 2. The predicted octanol–water partition coefficient (Wildman–Crippen LogP) is 6.77. The molecule has 2 saturated heterocycles. The van der Waals surface area contributed by atoms with Gasteiger partial charge in [0, 0.05) is 30.6 Å². The van der Waals surface area contributed by atoms with E-state index in [2.05, 4.69) is 57.0 Å². The molecule has 4 N–H and O–H groups in total. The average molecular weight is 847 g/mol. The summed E-state index contributed by atoms with van der Waals surface area (Å²) in [6.45, 7) is 8.57. The number of rotatable bonds is 10. The van der Waals surface area contributed by atoms with Gasteiger partial charge in [0.25, 0.3) is 0 Å². The molecule has 0 bridgehead atoms. The molecule has 3 aromatic carbocycles. The molecule has 1 aliphatic carbocycles. The minimum absolute atomic E-state index is 0.0283. The van der Waals surface area contributed by atoms with Crippen molar-refractivity contribution >= 4 is 45.8 Å². The number of hydrogen-bond acceptors (Lipinski definition) is 10. The molecule has 5 aromatic rings. The lowest BCUT2D eigenvalue weighted by atomic mass is 9.73. The van der Waals surface area contributed by atoms with Gasteiger partial charge in [-0.3, -0.25) is 9.59 Å². The number of nitrogens with zero attached hydrogens (tertiary/aromatic N) is 4. The third-order valence-electron chi connectivity index (χ3n) is 13.7. The number of aromatic amines is 2. The number of carbonyl (C=O) groups is 4. The maximum atomic E-state index is 14.0. The molecule has 8 unspecified atom stereocenters. The van der Waals surface area contributed by atoms with Gasteiger partial charge in [0.15, 0.2) is 0 Å². The summed E-state index contributed by atoms with van der Waals surface area (Å²) in [5.41, 5.74) is 6.57. The molecule has 62 heavy (non-hydrogen) atoms. The van der Waals surface area contributed by atoms with Crippen LogP contribution in [0.25, 0.3) is 44.2 Å². The number of nitrogens with one attached hydrogen (secondary N) is 4. The van der Waals surface area contributed by atoms with Gasteiger partial charge in [-0.05, 0) is 104 Å². The summed E-state index contributed by atoms with van der Waals surface area (Å²) in [5, 5.41) is 7.38. The van der Waals surface area contributed by atoms with E-state index in [1.54, 1.807) is 6.92 Å². The largest absolute Gasteiger partial charge is 0.488 e. The Morgan fingerprint density at radius 2 is 1.63 bits per heavy atom. The van der Waals surface area contributed by atoms with Crippen LogP contribution in [0.2, 0.25) is 0 Å². The number of amides is 4. The zero-order valence-electron chi connectivity index (χ0n) is 36.1. The van der Waals surface area contributed by atoms with Crippen molar-refractivity contribution in [1.82, 2.24) is 40.4 Å². The van der Waals surface area contributed by atoms with Gasteiger partial charge in [0.2, 0.25) is 11.8 Å². The first-order chi connectivity index (χ1) is 29.9. The molecule has 0 spiro atoms. The van der Waals surface area contributed by atoms with Gasteiger partial charge >= 0.3 is 12.2 Å². The van der Waals surface area contributed by atoms with Crippen LogP contribution >= 0.6 is 0 Å². The van der Waals surface area contributed by atoms with Crippen molar-refractivity contribution in [3.63, 3.8) is 0 Å². The molecule has 9 rings (SSSR count). The predicted molar refractivity (Wildman–Crippen MR) is 230 cm³/mol. The maximum absolute atomic E-state index is 14.0. The van der Waals surface area contributed by atoms with E-state index in [1.807, 2.05) is 42.8 Å². The highest BCUT2D eigenvalue weighted by molar-refractivity contribution is 6.07. The van der Waals surface area contributed by atoms with Crippen molar-refractivity contribution in [2.45, 2.75) is 96.3 Å². The molecule has 3 fully saturated rings. The van der Waals surface area contributed by atoms with Crippen LogP contribution in [0, 0.1) is 17.8 Å². The maximum Gasteiger partial charge on any atom is 0.407 e. The number of fused-ring (bicyclic) bond motifs is 7. The second-order valence-electron chi connectivity index (χ2n) is 17.5. The van der Waals surface area contributed by atoms with Crippen LogP contribution in [0.4, 0.5) is 9.59 Å². The van der Waals surface area contributed by atoms with E-state index in [0.717, 1.165) is 87.0 Å². The van der Waals surface area contributed by atoms with Crippen LogP contribution in [-0.2, 0) is 30.4 Å². The summed E-state index contributed by atoms with van der Waals surface area (Å²) in [4.78, 5) is 73.1. The molecular weight excluding hydrogens is 793 g/mol. The SMILES string of the molecule is COC(=O)NC(C(=O)N1C(C)CCC1c1nc2c(ccc3cc4c(cc32)OCc2cc(-c3cnc(C5C6CCC6CN5C(=O)C(NC(=O)OC)C(C)OC)[nH]3)ccc2-4)[nH]1)C(C)C. The first-order valence-electron chi connectivity index (χ1n) is 21.5. The smallest absolute Gasteiger partial charge is 0.407 e. The fourth-order valence-corrected chi connectivity index (χ4v) is 10.0. The van der Waals surface area contributed by atoms with Gasteiger partial charge in [-0.1, -0.05) is 32.0 Å². The first-order valence-corrected chi connectivity index (χ1v) is 21.5. The number of carbonyl (C=O) groups excluding carboxylic acids is 4. The summed E-state index contributed by atoms with van der Waals surface area (Å²) in [5.74, 6) is 2.33. The molecule has 0 radical (unpaired) electrons. The minimum atomic E-state index is -0.906. The van der Waals surface area contributed by atoms with Crippen LogP contribution in [0.1, 0.15) is 82.7 Å². The van der Waals surface area contributed by atoms with Crippen molar-refractivity contribution in [2.75, 3.05) is 27.9 Å². The van der Waals surface area contributed by atoms with Gasteiger partial charge < -0.3 is 49.3 Å². The molecular formula is C46H54N8O8. The third kappa shape index (κ3) is 7.07. The summed E-state index contributed by atoms with van der Waals surface area (Å²) in [6, 6.07) is 12.5. The third-order valence-corrected chi connectivity index (χ3v) is 13.7. The molecule has 16 heteroatoms. The monoisotopic (exact) mass is 846 g/mol. The van der Waals surface area contributed by atoms with Crippen molar-refractivity contribution < 1.29 is 38.1 Å². The average Bonchev–Trinajstić information content (AvgIpc) is 4.07. The standard InChI is InChI=1S/C46H54N8O8/c1-22(2)37(51-45(57)60-6)44(56)54-23(3)8-15-35(54)41-48-33-14-11-25-17-32-29-12-9-26(16-28(29)21-62-36(32)18-31(25)39(33)50-41)34-19-47-42(49-34)40-30-13-10-27(30)20-53(40)43(55)38(24(4)59-5)52-46(58)61-7/h9,11-12,14,16-19,22-24,27,30,35,37-38,40H,8,10,13,15,20-21H2,1-7H3,(H,47,49)(H,48,50)(H,51,57)(H,52,58). The van der Waals surface area contributed by atoms with Gasteiger partial charge in [-0.25, -0.2) is 19.6 Å². The lowest BCUT2D eigenvalue weighted by Gasteiger charge is -2.34. The quantitative estimate of drug-likeness (QED) is 0.117. The Bertz CT molecular complexity index is 2570. The number of methoxy groups -OCH3 is 3. The van der Waals surface area contributed by atoms with E-state index in [1.165, 1.54) is 21.3 Å². The molecule has 2 aromatic heterocycles. The Labute approximate surface area is 359 Å². The Hall–Kier alpha value is -6.16. The van der Waals surface area contributed by atoms with E-state index in [-0.39, 0.29) is 41.8 Å². The molecule has 326 valence electrons. The van der Waals surface area contributed by atoms with Crippen LogP contribution in [0.5, 0.6) is 5.75 Å². The highest BCUT2D eigenvalue weighted by atomic mass is 16.5. The molecule has 1 saturated carbocycles. The Morgan fingerprint density at radius 1 is 0.855 bits per heavy atom. The molecule has 16 nitrogen and oxygen atoms in total. The fraction of sp³-hybridized carbons (Fsp3) is 0.478. The molecule has 4 aliphatic rings. The van der Waals surface area contributed by atoms with Crippen LogP contribution in [0.15, 0.2) is 48.7 Å². The topological polar surface area (TPSA) is 193 Å². The van der Waals surface area contributed by atoms with E-state index in [4.69, 9.17) is 28.9 Å². The second-order valence-corrected chi connectivity index (χ2v) is 17.5. The molecule has 4 amide bonds. The normalized spacial score (nSPS) is 22.9. The summed E-state index contributed by atoms with van der Waals surface area (Å²) >= 11 is 0. The van der Waals surface area contributed by atoms with Crippen molar-refractivity contribution in [3.05, 3.63) is 65.9 Å². The highest BCUT2D eigenvalue weighted by Crippen LogP contribution is 2.52. The van der Waals surface area contributed by atoms with Crippen molar-refractivity contribution in [1.29, 1.82) is 0 Å². The summed E-state index contributed by atoms with van der Waals surface area (Å²) < 4.78 is 21.6. The van der Waals surface area contributed by atoms with Crippen LogP contribution in [0.3, 0.4) is 0 Å². The number of H-pyrrole nitrogens is 2. The van der Waals surface area contributed by atoms with Crippen LogP contribution < -0.4 is 15.4 Å². The van der Waals surface area contributed by atoms with E-state index < -0.39 is 30.4 Å². The lowest BCUT2D eigenvalue weighted by molar-refractivity contribution is -0.138. The van der Waals surface area contributed by atoms with E-state index in [9.17, 15) is 19.2 Å². The zero-order valence-corrected chi connectivity index (χ0v) is 36.1. The molecule has 5 heterocycles. The van der Waals surface area contributed by atoms with Gasteiger partial charge in [0.05, 0.1) is 55.3 Å².